The molecule has 0 amide bonds. The first kappa shape index (κ1) is 26.6. The van der Waals surface area contributed by atoms with Crippen molar-refractivity contribution in [2.75, 3.05) is 20.3 Å². The van der Waals surface area contributed by atoms with Crippen LogP contribution in [0.15, 0.2) is 57.5 Å². The zero-order chi connectivity index (χ0) is 26.7. The average Bonchev–Trinajstić information content (AvgIpc) is 3.17. The third kappa shape index (κ3) is 5.33. The summed E-state index contributed by atoms with van der Waals surface area (Å²) in [6, 6.07) is 12.6. The van der Waals surface area contributed by atoms with Gasteiger partial charge in [-0.25, -0.2) is 9.79 Å². The summed E-state index contributed by atoms with van der Waals surface area (Å²) in [6.45, 7) is 5.60. The second-order valence-corrected chi connectivity index (χ2v) is 10.4. The Labute approximate surface area is 231 Å². The molecule has 2 heterocycles. The summed E-state index contributed by atoms with van der Waals surface area (Å²) in [5, 5.41) is 8.86. The number of rotatable bonds is 7. The minimum Gasteiger partial charge on any atom is -0.493 e. The van der Waals surface area contributed by atoms with Gasteiger partial charge in [-0.2, -0.15) is 5.26 Å². The van der Waals surface area contributed by atoms with Gasteiger partial charge in [0.05, 0.1) is 39.1 Å². The Morgan fingerprint density at radius 3 is 2.65 bits per heavy atom. The first-order valence-corrected chi connectivity index (χ1v) is 13.3. The van der Waals surface area contributed by atoms with Crippen molar-refractivity contribution < 1.29 is 19.0 Å². The molecule has 1 aliphatic heterocycles. The third-order valence-electron chi connectivity index (χ3n) is 5.74. The molecule has 0 saturated heterocycles. The van der Waals surface area contributed by atoms with Crippen molar-refractivity contribution in [2.45, 2.75) is 26.8 Å². The maximum atomic E-state index is 13.8. The molecule has 0 aliphatic carbocycles. The highest BCUT2D eigenvalue weighted by Gasteiger charge is 2.33. The van der Waals surface area contributed by atoms with Crippen molar-refractivity contribution in [3.63, 3.8) is 0 Å². The summed E-state index contributed by atoms with van der Waals surface area (Å²) in [5.74, 6) is 0.437. The minimum absolute atomic E-state index is 0.106. The number of halogens is 1. The fourth-order valence-corrected chi connectivity index (χ4v) is 5.90. The maximum Gasteiger partial charge on any atom is 0.338 e. The monoisotopic (exact) mass is 629 g/mol. The lowest BCUT2D eigenvalue weighted by atomic mass is 9.95. The summed E-state index contributed by atoms with van der Waals surface area (Å²) in [6.07, 6.45) is 1.76. The van der Waals surface area contributed by atoms with Crippen LogP contribution in [0.25, 0.3) is 6.08 Å². The van der Waals surface area contributed by atoms with Crippen LogP contribution in [0.2, 0.25) is 0 Å². The van der Waals surface area contributed by atoms with Gasteiger partial charge in [0.25, 0.3) is 5.56 Å². The molecule has 1 atom stereocenters. The molecule has 0 unspecified atom stereocenters. The quantitative estimate of drug-likeness (QED) is 0.292. The minimum atomic E-state index is -0.658. The van der Waals surface area contributed by atoms with Gasteiger partial charge in [0.1, 0.15) is 6.07 Å². The molecule has 190 valence electrons. The molecule has 1 aliphatic rings. The molecule has 10 heteroatoms. The van der Waals surface area contributed by atoms with E-state index in [0.717, 1.165) is 20.3 Å². The van der Waals surface area contributed by atoms with E-state index in [-0.39, 0.29) is 18.8 Å². The topological polar surface area (TPSA) is 103 Å². The Bertz CT molecular complexity index is 1610. The molecule has 4 rings (SSSR count). The molecule has 0 fully saturated rings. The van der Waals surface area contributed by atoms with Crippen LogP contribution in [0.3, 0.4) is 0 Å². The summed E-state index contributed by atoms with van der Waals surface area (Å²) < 4.78 is 19.1. The van der Waals surface area contributed by atoms with Crippen molar-refractivity contribution in [2.24, 2.45) is 4.99 Å². The molecule has 0 radical (unpaired) electrons. The molecule has 3 aromatic rings. The number of esters is 1. The molecule has 0 bridgehead atoms. The molecule has 2 aromatic carbocycles. The van der Waals surface area contributed by atoms with Crippen LogP contribution in [-0.4, -0.2) is 30.9 Å². The van der Waals surface area contributed by atoms with Gasteiger partial charge in [0.2, 0.25) is 0 Å². The highest BCUT2D eigenvalue weighted by Crippen LogP contribution is 2.34. The Morgan fingerprint density at radius 2 is 2.00 bits per heavy atom. The van der Waals surface area contributed by atoms with Gasteiger partial charge in [0, 0.05) is 0 Å². The number of benzene rings is 2. The van der Waals surface area contributed by atoms with E-state index in [1.807, 2.05) is 43.3 Å². The predicted molar refractivity (Wildman–Crippen MR) is 148 cm³/mol. The fourth-order valence-electron chi connectivity index (χ4n) is 4.07. The second kappa shape index (κ2) is 11.3. The van der Waals surface area contributed by atoms with E-state index in [4.69, 9.17) is 19.5 Å². The van der Waals surface area contributed by atoms with Crippen molar-refractivity contribution in [3.05, 3.63) is 87.6 Å². The Morgan fingerprint density at radius 1 is 1.27 bits per heavy atom. The lowest BCUT2D eigenvalue weighted by molar-refractivity contribution is -0.139. The fraction of sp³-hybridized carbons (Fsp3) is 0.259. The first-order chi connectivity index (χ1) is 17.8. The summed E-state index contributed by atoms with van der Waals surface area (Å²) in [4.78, 5) is 31.9. The molecular weight excluding hydrogens is 605 g/mol. The van der Waals surface area contributed by atoms with Crippen LogP contribution >= 0.6 is 33.9 Å². The van der Waals surface area contributed by atoms with Crippen molar-refractivity contribution in [1.82, 2.24) is 4.57 Å². The highest BCUT2D eigenvalue weighted by molar-refractivity contribution is 14.1. The summed E-state index contributed by atoms with van der Waals surface area (Å²) in [5.41, 5.74) is 3.20. The van der Waals surface area contributed by atoms with E-state index in [9.17, 15) is 9.59 Å². The van der Waals surface area contributed by atoms with E-state index < -0.39 is 12.0 Å². The van der Waals surface area contributed by atoms with Crippen LogP contribution in [0.1, 0.15) is 36.6 Å². The lowest BCUT2D eigenvalue weighted by Gasteiger charge is -2.24. The number of aromatic nitrogens is 1. The molecule has 0 saturated carbocycles. The Kier molecular flexibility index (Phi) is 8.14. The van der Waals surface area contributed by atoms with Gasteiger partial charge in [-0.05, 0) is 72.7 Å². The van der Waals surface area contributed by atoms with Crippen molar-refractivity contribution >= 4 is 46.0 Å². The number of hydrogen-bond donors (Lipinski definition) is 0. The molecule has 8 nitrogen and oxygen atoms in total. The van der Waals surface area contributed by atoms with E-state index >= 15 is 0 Å². The zero-order valence-electron chi connectivity index (χ0n) is 20.7. The van der Waals surface area contributed by atoms with Gasteiger partial charge in [0.15, 0.2) is 22.9 Å². The molecule has 1 aromatic heterocycles. The predicted octanol–water partition coefficient (Wildman–Crippen LogP) is 3.62. The van der Waals surface area contributed by atoms with E-state index in [1.54, 1.807) is 30.6 Å². The van der Waals surface area contributed by atoms with Crippen LogP contribution in [0.4, 0.5) is 0 Å². The van der Waals surface area contributed by atoms with Gasteiger partial charge in [-0.15, -0.1) is 0 Å². The number of methoxy groups -OCH3 is 1. The zero-order valence-corrected chi connectivity index (χ0v) is 23.7. The van der Waals surface area contributed by atoms with E-state index in [2.05, 4.69) is 27.6 Å². The van der Waals surface area contributed by atoms with E-state index in [1.165, 1.54) is 18.4 Å². The van der Waals surface area contributed by atoms with Crippen LogP contribution < -0.4 is 24.4 Å². The average molecular weight is 629 g/mol. The normalized spacial score (nSPS) is 15.0. The summed E-state index contributed by atoms with van der Waals surface area (Å²) in [7, 11) is 1.52. The molecular formula is C27H24IN3O5S. The van der Waals surface area contributed by atoms with Crippen LogP contribution in [0.5, 0.6) is 11.5 Å². The van der Waals surface area contributed by atoms with Gasteiger partial charge in [-0.3, -0.25) is 9.36 Å². The lowest BCUT2D eigenvalue weighted by Crippen LogP contribution is -2.39. The largest absolute Gasteiger partial charge is 0.493 e. The standard InChI is InChI=1S/C27H24IN3O5S/c1-5-35-26(33)22-16(3)30-27-31(23(22)18-8-6-15(2)7-9-18)25(32)21(37-27)14-17-12-19(28)24(36-11-10-29)20(13-17)34-4/h6-9,12-14,23H,5,11H2,1-4H3/b21-14+/t23-/m0/s1. The number of ether oxygens (including phenoxy) is 3. The molecule has 0 N–H and O–H groups in total. The van der Waals surface area contributed by atoms with Crippen molar-refractivity contribution in [3.8, 4) is 17.6 Å². The Balaban J connectivity index is 1.90. The van der Waals surface area contributed by atoms with Crippen LogP contribution in [-0.2, 0) is 9.53 Å². The van der Waals surface area contributed by atoms with Crippen molar-refractivity contribution in [1.29, 1.82) is 5.26 Å². The highest BCUT2D eigenvalue weighted by atomic mass is 127. The second-order valence-electron chi connectivity index (χ2n) is 8.19. The van der Waals surface area contributed by atoms with E-state index in [0.29, 0.717) is 32.1 Å². The van der Waals surface area contributed by atoms with Gasteiger partial charge >= 0.3 is 5.97 Å². The number of carbonyl (C=O) groups is 1. The molecule has 0 spiro atoms. The number of nitrogens with zero attached hydrogens (tertiary/aromatic N) is 3. The number of carbonyl (C=O) groups excluding carboxylic acids is 1. The van der Waals surface area contributed by atoms with Gasteiger partial charge < -0.3 is 14.2 Å². The smallest absolute Gasteiger partial charge is 0.338 e. The third-order valence-corrected chi connectivity index (χ3v) is 7.52. The number of fused-ring (bicyclic) bond motifs is 1. The summed E-state index contributed by atoms with van der Waals surface area (Å²) >= 11 is 3.36. The first-order valence-electron chi connectivity index (χ1n) is 11.4. The SMILES string of the molecule is CCOC(=O)C1=C(C)N=c2s/c(=C/c3cc(I)c(OCC#N)c(OC)c3)c(=O)n2[C@H]1c1ccc(C)cc1. The Hall–Kier alpha value is -3.43. The number of aryl methyl sites for hydroxylation is 1. The van der Waals surface area contributed by atoms with Crippen LogP contribution in [0, 0.1) is 21.8 Å². The van der Waals surface area contributed by atoms with Gasteiger partial charge in [-0.1, -0.05) is 41.2 Å². The maximum absolute atomic E-state index is 13.8. The number of thiazole rings is 1. The molecule has 37 heavy (non-hydrogen) atoms. The number of nitriles is 1. The number of allylic oxidation sites excluding steroid dienone is 1. The number of hydrogen-bond acceptors (Lipinski definition) is 8.